The van der Waals surface area contributed by atoms with E-state index >= 15 is 0 Å². The van der Waals surface area contributed by atoms with E-state index in [0.717, 1.165) is 75.6 Å². The number of ether oxygens (including phenoxy) is 14. The molecule has 0 spiro atoms. The van der Waals surface area contributed by atoms with Crippen LogP contribution in [0.3, 0.4) is 0 Å². The minimum absolute atomic E-state index is 0.0437. The van der Waals surface area contributed by atoms with Gasteiger partial charge in [0.05, 0.1) is 13.7 Å². The van der Waals surface area contributed by atoms with Crippen LogP contribution >= 0.6 is 0 Å². The van der Waals surface area contributed by atoms with Crippen LogP contribution in [0.5, 0.6) is 46.0 Å². The Morgan fingerprint density at radius 3 is 0.959 bits per heavy atom. The fraction of sp³-hybridized carbons (Fsp3) is 0.422. The predicted octanol–water partition coefficient (Wildman–Crippen LogP) is 21.1. The minimum Gasteiger partial charge on any atom is -0.493 e. The van der Waals surface area contributed by atoms with Gasteiger partial charge in [0.2, 0.25) is 0 Å². The molecule has 6 aromatic rings. The van der Waals surface area contributed by atoms with E-state index in [0.29, 0.717) is 43.2 Å². The molecular formula is C83H118O14. The smallest absolute Gasteiger partial charge is 0.188 e. The zero-order chi connectivity index (χ0) is 72.3. The molecule has 0 saturated heterocycles. The summed E-state index contributed by atoms with van der Waals surface area (Å²) in [7, 11) is 11.3. The highest BCUT2D eigenvalue weighted by molar-refractivity contribution is 5.58. The van der Waals surface area contributed by atoms with E-state index in [1.165, 1.54) is 67.2 Å². The molecule has 0 aliphatic carbocycles. The van der Waals surface area contributed by atoms with Gasteiger partial charge in [0.1, 0.15) is 23.0 Å². The van der Waals surface area contributed by atoms with Gasteiger partial charge in [-0.2, -0.15) is 0 Å². The van der Waals surface area contributed by atoms with E-state index < -0.39 is 0 Å². The molecule has 6 rings (SSSR count). The van der Waals surface area contributed by atoms with Crippen molar-refractivity contribution in [2.75, 3.05) is 97.1 Å². The van der Waals surface area contributed by atoms with Crippen LogP contribution in [0.25, 0.3) is 36.5 Å². The summed E-state index contributed by atoms with van der Waals surface area (Å²) in [5.41, 5.74) is 11.5. The summed E-state index contributed by atoms with van der Waals surface area (Å²) in [6.45, 7) is 44.2. The van der Waals surface area contributed by atoms with Crippen molar-refractivity contribution in [3.05, 3.63) is 204 Å². The lowest BCUT2D eigenvalue weighted by Gasteiger charge is -2.26. The van der Waals surface area contributed by atoms with Crippen molar-refractivity contribution >= 4 is 36.5 Å². The molecule has 0 amide bonds. The van der Waals surface area contributed by atoms with Crippen molar-refractivity contribution < 1.29 is 66.3 Å². The second kappa shape index (κ2) is 52.1. The first kappa shape index (κ1) is 86.9. The van der Waals surface area contributed by atoms with E-state index in [1.807, 2.05) is 116 Å². The molecule has 97 heavy (non-hydrogen) atoms. The molecule has 0 fully saturated rings. The fourth-order valence-corrected chi connectivity index (χ4v) is 9.04. The van der Waals surface area contributed by atoms with Gasteiger partial charge in [-0.25, -0.2) is 0 Å². The van der Waals surface area contributed by atoms with Crippen molar-refractivity contribution in [2.45, 2.75) is 137 Å². The number of rotatable bonds is 38. The SMILES string of the molecule is C=Cc1ccc(OCOC)c(C(C)(C)C)c1.C=Cc1ccc(OCOC)c(C(C)(C)CC)c1.C=Cc1ccc(OCOC)c(CCCCC)c1.C=Cc1ccc(OCOC)c(CCCCCC)c1.C=Cc1ccc(OCOC)c(OC)c1.C=Cc1ccc(OCOC)c(OCC)c1. The molecule has 534 valence electrons. The lowest BCUT2D eigenvalue weighted by Crippen LogP contribution is -2.17. The minimum atomic E-state index is 0.0437. The number of unbranched alkanes of at least 4 members (excludes halogenated alkanes) is 5. The Bertz CT molecular complexity index is 3160. The lowest BCUT2D eigenvalue weighted by atomic mass is 9.81. The number of methoxy groups -OCH3 is 7. The number of hydrogen-bond acceptors (Lipinski definition) is 14. The third kappa shape index (κ3) is 34.6. The van der Waals surface area contributed by atoms with E-state index in [9.17, 15) is 0 Å². The summed E-state index contributed by atoms with van der Waals surface area (Å²) in [6, 6.07) is 35.8. The largest absolute Gasteiger partial charge is 0.493 e. The monoisotopic (exact) mass is 1340 g/mol. The van der Waals surface area contributed by atoms with E-state index in [-0.39, 0.29) is 38.0 Å². The highest BCUT2D eigenvalue weighted by atomic mass is 16.7. The van der Waals surface area contributed by atoms with E-state index in [2.05, 4.69) is 119 Å². The van der Waals surface area contributed by atoms with Crippen molar-refractivity contribution in [1.82, 2.24) is 0 Å². The molecule has 0 aromatic heterocycles. The number of aryl methyl sites for hydroxylation is 2. The first-order chi connectivity index (χ1) is 46.8. The van der Waals surface area contributed by atoms with Gasteiger partial charge in [0.15, 0.2) is 63.8 Å². The second-order valence-electron chi connectivity index (χ2n) is 23.6. The zero-order valence-corrected chi connectivity index (χ0v) is 61.8. The van der Waals surface area contributed by atoms with E-state index in [1.54, 1.807) is 61.9 Å². The molecule has 0 atom stereocenters. The summed E-state index contributed by atoms with van der Waals surface area (Å²) in [6.07, 6.45) is 22.8. The average molecular weight is 1340 g/mol. The third-order valence-corrected chi connectivity index (χ3v) is 14.8. The Morgan fingerprint density at radius 1 is 0.309 bits per heavy atom. The molecule has 0 saturated carbocycles. The maximum Gasteiger partial charge on any atom is 0.188 e. The van der Waals surface area contributed by atoms with Gasteiger partial charge < -0.3 is 66.3 Å². The fourth-order valence-electron chi connectivity index (χ4n) is 9.04. The highest BCUT2D eigenvalue weighted by Gasteiger charge is 2.23. The van der Waals surface area contributed by atoms with Crippen molar-refractivity contribution in [2.24, 2.45) is 0 Å². The Kier molecular flexibility index (Phi) is 46.7. The zero-order valence-electron chi connectivity index (χ0n) is 61.8. The van der Waals surface area contributed by atoms with Crippen molar-refractivity contribution in [1.29, 1.82) is 0 Å². The first-order valence-electron chi connectivity index (χ1n) is 33.2. The molecule has 14 heteroatoms. The summed E-state index contributed by atoms with van der Waals surface area (Å²) in [5, 5.41) is 0. The van der Waals surface area contributed by atoms with Gasteiger partial charge >= 0.3 is 0 Å². The van der Waals surface area contributed by atoms with Gasteiger partial charge in [0.25, 0.3) is 0 Å². The van der Waals surface area contributed by atoms with Crippen LogP contribution < -0.4 is 37.9 Å². The van der Waals surface area contributed by atoms with Crippen LogP contribution in [0.2, 0.25) is 0 Å². The first-order valence-corrected chi connectivity index (χ1v) is 33.2. The Balaban J connectivity index is 0.000000583. The number of benzene rings is 6. The Labute approximate surface area is 584 Å². The maximum absolute atomic E-state index is 5.62. The molecular weight excluding hydrogens is 1220 g/mol. The Morgan fingerprint density at radius 2 is 0.608 bits per heavy atom. The second-order valence-corrected chi connectivity index (χ2v) is 23.6. The number of hydrogen-bond donors (Lipinski definition) is 0. The summed E-state index contributed by atoms with van der Waals surface area (Å²) < 4.78 is 73.0. The van der Waals surface area contributed by atoms with Crippen LogP contribution in [0.1, 0.15) is 169 Å². The summed E-state index contributed by atoms with van der Waals surface area (Å²) in [4.78, 5) is 0. The summed E-state index contributed by atoms with van der Waals surface area (Å²) in [5.74, 6) is 6.37. The highest BCUT2D eigenvalue weighted by Crippen LogP contribution is 2.36. The third-order valence-electron chi connectivity index (χ3n) is 14.8. The van der Waals surface area contributed by atoms with Crippen molar-refractivity contribution in [3.63, 3.8) is 0 Å². The average Bonchev–Trinajstić information content (AvgIpc) is 0.848. The normalized spacial score (nSPS) is 10.4. The molecule has 0 aliphatic heterocycles. The molecule has 14 nitrogen and oxygen atoms in total. The molecule has 0 aliphatic rings. The molecule has 0 N–H and O–H groups in total. The maximum atomic E-state index is 5.62. The standard InChI is InChI=1S/C16H24O2.2C15H22O2.C14H20O2.C12H16O3.C11H14O3/c1-4-6-7-8-9-15-12-14(5-2)10-11-16(15)18-13-17-3;1-6-12-8-9-14(17-11-16-5)13(10-12)15(3,4)7-2;1-4-6-7-8-14-11-13(5-2)9-10-15(14)17-12-16-3;1-6-11-7-8-13(16-10-15-5)12(9-11)14(2,3)4;1-4-10-6-7-11(15-9-13-3)12(8-10)14-5-2;1-4-9-5-6-10(14-8-12-2)11(7-9)13-3/h5,10-12H,2,4,6-9,13H2,1,3H3;6,8-10H,1,7,11H2,2-5H3;5,9-11H,2,4,6-8,12H2,1,3H3;6-9H,1,10H2,2-5H3;4,6-8H,1,5,9H2,2-3H3;4-7H,1,8H2,2-3H3. The van der Waals surface area contributed by atoms with Gasteiger partial charge in [-0.15, -0.1) is 0 Å². The molecule has 0 bridgehead atoms. The van der Waals surface area contributed by atoms with Crippen molar-refractivity contribution in [3.8, 4) is 46.0 Å². The van der Waals surface area contributed by atoms with Crippen LogP contribution in [0.15, 0.2) is 149 Å². The predicted molar refractivity (Wildman–Crippen MR) is 405 cm³/mol. The molecule has 0 heterocycles. The topological polar surface area (TPSA) is 129 Å². The van der Waals surface area contributed by atoms with Gasteiger partial charge in [0, 0.05) is 53.8 Å². The van der Waals surface area contributed by atoms with Crippen LogP contribution in [0, 0.1) is 0 Å². The van der Waals surface area contributed by atoms with Gasteiger partial charge in [-0.1, -0.05) is 200 Å². The quantitative estimate of drug-likeness (QED) is 0.0269. The Hall–Kier alpha value is -8.08. The van der Waals surface area contributed by atoms with E-state index in [4.69, 9.17) is 66.3 Å². The van der Waals surface area contributed by atoms with Crippen LogP contribution in [-0.2, 0) is 52.1 Å². The van der Waals surface area contributed by atoms with Crippen LogP contribution in [0.4, 0.5) is 0 Å². The molecule has 6 aromatic carbocycles. The van der Waals surface area contributed by atoms with Gasteiger partial charge in [-0.05, 0) is 167 Å². The van der Waals surface area contributed by atoms with Crippen LogP contribution in [-0.4, -0.2) is 97.1 Å². The molecule has 0 unspecified atom stereocenters. The summed E-state index contributed by atoms with van der Waals surface area (Å²) >= 11 is 0. The molecule has 0 radical (unpaired) electrons. The lowest BCUT2D eigenvalue weighted by molar-refractivity contribution is 0.0486. The van der Waals surface area contributed by atoms with Gasteiger partial charge in [-0.3, -0.25) is 0 Å².